The average Bonchev–Trinajstić information content (AvgIpc) is 3.47. The average molecular weight is 353 g/mol. The minimum absolute atomic E-state index is 0.222. The largest absolute Gasteiger partial charge is 0.356 e. The number of aromatic nitrogens is 2. The minimum Gasteiger partial charge on any atom is -0.356 e. The van der Waals surface area contributed by atoms with E-state index in [1.165, 1.54) is 19.2 Å². The summed E-state index contributed by atoms with van der Waals surface area (Å²) < 4.78 is 0. The molecule has 1 aliphatic rings. The Morgan fingerprint density at radius 3 is 2.77 bits per heavy atom. The lowest BCUT2D eigenvalue weighted by molar-refractivity contribution is 0.102. The van der Waals surface area contributed by atoms with E-state index >= 15 is 0 Å². The van der Waals surface area contributed by atoms with Crippen LogP contribution in [0.4, 0.5) is 11.5 Å². The van der Waals surface area contributed by atoms with Crippen molar-refractivity contribution in [3.05, 3.63) is 47.4 Å². The number of rotatable bonds is 8. The fourth-order valence-electron chi connectivity index (χ4n) is 3.00. The van der Waals surface area contributed by atoms with E-state index in [0.29, 0.717) is 12.2 Å². The first-order valence-corrected chi connectivity index (χ1v) is 9.28. The summed E-state index contributed by atoms with van der Waals surface area (Å²) in [5, 5.41) is 2.94. The van der Waals surface area contributed by atoms with Crippen molar-refractivity contribution >= 4 is 17.4 Å². The molecule has 6 heteroatoms. The standard InChI is InChI=1S/C20H27N5O/c1-3-8-25(12-15-4-5-15)19-10-18(22-13-23-19)20(26)24-17-7-6-16(11-21)9-14(17)2/h6-7,9-10,13,15H,3-5,8,11-12,21H2,1-2H3,(H,24,26). The van der Waals surface area contributed by atoms with Crippen molar-refractivity contribution in [1.29, 1.82) is 0 Å². The van der Waals surface area contributed by atoms with Crippen LogP contribution in [0.15, 0.2) is 30.6 Å². The zero-order valence-electron chi connectivity index (χ0n) is 15.5. The van der Waals surface area contributed by atoms with Gasteiger partial charge in [-0.15, -0.1) is 0 Å². The molecule has 26 heavy (non-hydrogen) atoms. The molecule has 1 aromatic carbocycles. The van der Waals surface area contributed by atoms with Gasteiger partial charge in [-0.3, -0.25) is 4.79 Å². The Labute approximate surface area is 154 Å². The minimum atomic E-state index is -0.222. The van der Waals surface area contributed by atoms with Crippen molar-refractivity contribution in [3.8, 4) is 0 Å². The number of benzene rings is 1. The molecule has 1 aromatic heterocycles. The highest BCUT2D eigenvalue weighted by Crippen LogP contribution is 2.31. The molecule has 0 bridgehead atoms. The highest BCUT2D eigenvalue weighted by atomic mass is 16.1. The molecular weight excluding hydrogens is 326 g/mol. The Kier molecular flexibility index (Phi) is 5.83. The Bertz CT molecular complexity index is 773. The van der Waals surface area contributed by atoms with Crippen LogP contribution >= 0.6 is 0 Å². The number of hydrogen-bond acceptors (Lipinski definition) is 5. The molecule has 1 aliphatic carbocycles. The van der Waals surface area contributed by atoms with Crippen LogP contribution in [0.2, 0.25) is 0 Å². The van der Waals surface area contributed by atoms with Gasteiger partial charge in [0.2, 0.25) is 0 Å². The third-order valence-electron chi connectivity index (χ3n) is 4.65. The number of nitrogens with two attached hydrogens (primary N) is 1. The van der Waals surface area contributed by atoms with Gasteiger partial charge in [0.1, 0.15) is 17.8 Å². The lowest BCUT2D eigenvalue weighted by atomic mass is 10.1. The summed E-state index contributed by atoms with van der Waals surface area (Å²) in [4.78, 5) is 23.5. The molecule has 2 aromatic rings. The SMILES string of the molecule is CCCN(CC1CC1)c1cc(C(=O)Nc2ccc(CN)cc2C)ncn1. The quantitative estimate of drug-likeness (QED) is 0.762. The maximum atomic E-state index is 12.6. The van der Waals surface area contributed by atoms with Crippen LogP contribution in [-0.2, 0) is 6.54 Å². The molecule has 6 nitrogen and oxygen atoms in total. The third kappa shape index (κ3) is 4.58. The van der Waals surface area contributed by atoms with Crippen LogP contribution < -0.4 is 16.0 Å². The van der Waals surface area contributed by atoms with Gasteiger partial charge in [-0.1, -0.05) is 19.1 Å². The molecule has 0 saturated heterocycles. The normalized spacial score (nSPS) is 13.5. The molecular formula is C20H27N5O. The summed E-state index contributed by atoms with van der Waals surface area (Å²) >= 11 is 0. The lowest BCUT2D eigenvalue weighted by Gasteiger charge is -2.23. The Balaban J connectivity index is 1.75. The second kappa shape index (κ2) is 8.27. The van der Waals surface area contributed by atoms with Crippen LogP contribution in [0.3, 0.4) is 0 Å². The topological polar surface area (TPSA) is 84.1 Å². The van der Waals surface area contributed by atoms with Crippen molar-refractivity contribution in [2.75, 3.05) is 23.3 Å². The van der Waals surface area contributed by atoms with Gasteiger partial charge in [0.05, 0.1) is 0 Å². The summed E-state index contributed by atoms with van der Waals surface area (Å²) in [5.74, 6) is 1.37. The molecule has 0 radical (unpaired) electrons. The number of anilines is 2. The summed E-state index contributed by atoms with van der Waals surface area (Å²) in [5.41, 5.74) is 8.84. The van der Waals surface area contributed by atoms with Gasteiger partial charge >= 0.3 is 0 Å². The summed E-state index contributed by atoms with van der Waals surface area (Å²) in [7, 11) is 0. The van der Waals surface area contributed by atoms with Crippen LogP contribution in [-0.4, -0.2) is 29.0 Å². The Hall–Kier alpha value is -2.47. The molecule has 0 unspecified atom stereocenters. The molecule has 138 valence electrons. The molecule has 3 N–H and O–H groups in total. The maximum Gasteiger partial charge on any atom is 0.274 e. The van der Waals surface area contributed by atoms with Crippen LogP contribution in [0, 0.1) is 12.8 Å². The van der Waals surface area contributed by atoms with Gasteiger partial charge in [0, 0.05) is 31.4 Å². The van der Waals surface area contributed by atoms with E-state index in [1.807, 2.05) is 25.1 Å². The van der Waals surface area contributed by atoms with E-state index in [-0.39, 0.29) is 5.91 Å². The Morgan fingerprint density at radius 1 is 1.31 bits per heavy atom. The maximum absolute atomic E-state index is 12.6. The van der Waals surface area contributed by atoms with Crippen molar-refractivity contribution in [2.45, 2.75) is 39.7 Å². The molecule has 1 heterocycles. The van der Waals surface area contributed by atoms with E-state index in [0.717, 1.165) is 48.1 Å². The number of aryl methyl sites for hydroxylation is 1. The first-order chi connectivity index (χ1) is 12.6. The van der Waals surface area contributed by atoms with Crippen LogP contribution in [0.25, 0.3) is 0 Å². The van der Waals surface area contributed by atoms with E-state index in [4.69, 9.17) is 5.73 Å². The highest BCUT2D eigenvalue weighted by Gasteiger charge is 2.25. The van der Waals surface area contributed by atoms with E-state index in [9.17, 15) is 4.79 Å². The smallest absolute Gasteiger partial charge is 0.274 e. The number of carbonyl (C=O) groups is 1. The van der Waals surface area contributed by atoms with Crippen molar-refractivity contribution in [2.24, 2.45) is 11.7 Å². The molecule has 3 rings (SSSR count). The predicted molar refractivity (Wildman–Crippen MR) is 104 cm³/mol. The monoisotopic (exact) mass is 353 g/mol. The zero-order chi connectivity index (χ0) is 18.5. The highest BCUT2D eigenvalue weighted by molar-refractivity contribution is 6.03. The Morgan fingerprint density at radius 2 is 2.12 bits per heavy atom. The molecule has 0 spiro atoms. The van der Waals surface area contributed by atoms with Crippen LogP contribution in [0.5, 0.6) is 0 Å². The molecule has 0 aliphatic heterocycles. The first-order valence-electron chi connectivity index (χ1n) is 9.28. The first kappa shape index (κ1) is 18.3. The fourth-order valence-corrected chi connectivity index (χ4v) is 3.00. The summed E-state index contributed by atoms with van der Waals surface area (Å²) in [6.45, 7) is 6.54. The number of amides is 1. The van der Waals surface area contributed by atoms with Crippen molar-refractivity contribution in [1.82, 2.24) is 9.97 Å². The molecule has 1 amide bonds. The van der Waals surface area contributed by atoms with E-state index in [2.05, 4.69) is 27.1 Å². The number of carbonyl (C=O) groups excluding carboxylic acids is 1. The zero-order valence-corrected chi connectivity index (χ0v) is 15.5. The van der Waals surface area contributed by atoms with Gasteiger partial charge < -0.3 is 16.0 Å². The van der Waals surface area contributed by atoms with E-state index < -0.39 is 0 Å². The van der Waals surface area contributed by atoms with Gasteiger partial charge in [0.25, 0.3) is 5.91 Å². The second-order valence-electron chi connectivity index (χ2n) is 6.96. The van der Waals surface area contributed by atoms with Gasteiger partial charge in [-0.2, -0.15) is 0 Å². The van der Waals surface area contributed by atoms with Crippen molar-refractivity contribution < 1.29 is 4.79 Å². The summed E-state index contributed by atoms with van der Waals surface area (Å²) in [6.07, 6.45) is 5.10. The van der Waals surface area contributed by atoms with Crippen molar-refractivity contribution in [3.63, 3.8) is 0 Å². The second-order valence-corrected chi connectivity index (χ2v) is 6.96. The van der Waals surface area contributed by atoms with Gasteiger partial charge in [-0.05, 0) is 49.3 Å². The molecule has 1 saturated carbocycles. The number of hydrogen-bond donors (Lipinski definition) is 2. The van der Waals surface area contributed by atoms with Gasteiger partial charge in [-0.25, -0.2) is 9.97 Å². The number of nitrogens with one attached hydrogen (secondary N) is 1. The number of nitrogens with zero attached hydrogens (tertiary/aromatic N) is 3. The van der Waals surface area contributed by atoms with Gasteiger partial charge in [0.15, 0.2) is 0 Å². The van der Waals surface area contributed by atoms with E-state index in [1.54, 1.807) is 6.07 Å². The predicted octanol–water partition coefficient (Wildman–Crippen LogP) is 3.12. The fraction of sp³-hybridized carbons (Fsp3) is 0.450. The summed E-state index contributed by atoms with van der Waals surface area (Å²) in [6, 6.07) is 7.58. The lowest BCUT2D eigenvalue weighted by Crippen LogP contribution is -2.28. The van der Waals surface area contributed by atoms with Crippen LogP contribution in [0.1, 0.15) is 47.8 Å². The third-order valence-corrected chi connectivity index (χ3v) is 4.65. The molecule has 0 atom stereocenters. The molecule has 1 fully saturated rings.